The Morgan fingerprint density at radius 1 is 1.43 bits per heavy atom. The molecule has 0 atom stereocenters. The van der Waals surface area contributed by atoms with Crippen LogP contribution in [0.5, 0.6) is 0 Å². The smallest absolute Gasteiger partial charge is 0.211 e. The number of benzene rings is 1. The predicted octanol–water partition coefficient (Wildman–Crippen LogP) is 0.741. The molecule has 4 N–H and O–H groups in total. The van der Waals surface area contributed by atoms with Gasteiger partial charge in [-0.05, 0) is 12.5 Å². The second-order valence-corrected chi connectivity index (χ2v) is 2.75. The molecular formula is C9H11FN4. The van der Waals surface area contributed by atoms with Crippen LogP contribution in [-0.2, 0) is 0 Å². The minimum absolute atomic E-state index is 0.158. The van der Waals surface area contributed by atoms with E-state index in [1.807, 2.05) is 0 Å². The van der Waals surface area contributed by atoms with Crippen molar-refractivity contribution in [3.8, 4) is 0 Å². The van der Waals surface area contributed by atoms with Crippen LogP contribution in [-0.4, -0.2) is 12.2 Å². The number of guanidine groups is 1. The van der Waals surface area contributed by atoms with Gasteiger partial charge in [0, 0.05) is 5.56 Å². The lowest BCUT2D eigenvalue weighted by Crippen LogP contribution is -2.21. The minimum Gasteiger partial charge on any atom is -0.369 e. The summed E-state index contributed by atoms with van der Waals surface area (Å²) in [4.78, 5) is 0. The average molecular weight is 194 g/mol. The molecule has 0 heterocycles. The second-order valence-electron chi connectivity index (χ2n) is 2.75. The molecule has 5 heteroatoms. The van der Waals surface area contributed by atoms with Crippen LogP contribution in [0.3, 0.4) is 0 Å². The van der Waals surface area contributed by atoms with Gasteiger partial charge in [-0.1, -0.05) is 18.2 Å². The van der Waals surface area contributed by atoms with E-state index in [2.05, 4.69) is 10.2 Å². The zero-order chi connectivity index (χ0) is 10.6. The Balaban J connectivity index is 2.92. The van der Waals surface area contributed by atoms with Gasteiger partial charge in [0.05, 0.1) is 6.21 Å². The fourth-order valence-corrected chi connectivity index (χ4v) is 0.928. The number of halogens is 1. The predicted molar refractivity (Wildman–Crippen MR) is 54.5 cm³/mol. The third-order valence-corrected chi connectivity index (χ3v) is 1.59. The zero-order valence-electron chi connectivity index (χ0n) is 7.74. The molecule has 1 aromatic carbocycles. The fraction of sp³-hybridized carbons (Fsp3) is 0.111. The SMILES string of the molecule is Cc1cccc(C=NN=C(N)N)c1F. The average Bonchev–Trinajstić information content (AvgIpc) is 2.12. The molecule has 0 aromatic heterocycles. The molecular weight excluding hydrogens is 183 g/mol. The van der Waals surface area contributed by atoms with Gasteiger partial charge in [-0.3, -0.25) is 0 Å². The standard InChI is InChI=1S/C9H11FN4/c1-6-3-2-4-7(8(6)10)5-13-14-9(11)12/h2-5H,1H3,(H4,11,12,14). The fourth-order valence-electron chi connectivity index (χ4n) is 0.928. The first-order valence-electron chi connectivity index (χ1n) is 3.98. The number of aryl methyl sites for hydroxylation is 1. The summed E-state index contributed by atoms with van der Waals surface area (Å²) in [6, 6.07) is 5.00. The molecule has 0 fully saturated rings. The van der Waals surface area contributed by atoms with E-state index in [1.165, 1.54) is 6.21 Å². The molecule has 0 spiro atoms. The minimum atomic E-state index is -0.318. The van der Waals surface area contributed by atoms with E-state index in [0.717, 1.165) is 0 Å². The van der Waals surface area contributed by atoms with E-state index in [1.54, 1.807) is 25.1 Å². The highest BCUT2D eigenvalue weighted by Gasteiger charge is 2.00. The quantitative estimate of drug-likeness (QED) is 0.414. The summed E-state index contributed by atoms with van der Waals surface area (Å²) in [5.74, 6) is -0.476. The Hall–Kier alpha value is -1.91. The maximum atomic E-state index is 13.3. The van der Waals surface area contributed by atoms with Gasteiger partial charge in [-0.25, -0.2) is 4.39 Å². The molecule has 0 unspecified atom stereocenters. The Morgan fingerprint density at radius 3 is 2.79 bits per heavy atom. The van der Waals surface area contributed by atoms with Crippen molar-refractivity contribution < 1.29 is 4.39 Å². The molecule has 74 valence electrons. The van der Waals surface area contributed by atoms with Crippen LogP contribution in [0, 0.1) is 12.7 Å². The zero-order valence-corrected chi connectivity index (χ0v) is 7.74. The topological polar surface area (TPSA) is 76.8 Å². The summed E-state index contributed by atoms with van der Waals surface area (Å²) in [6.07, 6.45) is 1.27. The van der Waals surface area contributed by atoms with Crippen molar-refractivity contribution in [3.05, 3.63) is 35.1 Å². The van der Waals surface area contributed by atoms with Crippen molar-refractivity contribution in [3.63, 3.8) is 0 Å². The van der Waals surface area contributed by atoms with Gasteiger partial charge in [0.25, 0.3) is 0 Å². The Bertz CT molecular complexity index is 380. The van der Waals surface area contributed by atoms with Crippen LogP contribution in [0.25, 0.3) is 0 Å². The summed E-state index contributed by atoms with van der Waals surface area (Å²) in [5, 5.41) is 6.88. The molecule has 0 saturated heterocycles. The van der Waals surface area contributed by atoms with Crippen LogP contribution in [0.2, 0.25) is 0 Å². The van der Waals surface area contributed by atoms with Gasteiger partial charge in [-0.15, -0.1) is 5.10 Å². The van der Waals surface area contributed by atoms with E-state index in [0.29, 0.717) is 11.1 Å². The first-order chi connectivity index (χ1) is 6.61. The van der Waals surface area contributed by atoms with Gasteiger partial charge in [0.2, 0.25) is 5.96 Å². The lowest BCUT2D eigenvalue weighted by atomic mass is 10.1. The lowest BCUT2D eigenvalue weighted by molar-refractivity contribution is 0.616. The first kappa shape index (κ1) is 10.2. The monoisotopic (exact) mass is 194 g/mol. The molecule has 0 amide bonds. The van der Waals surface area contributed by atoms with Crippen molar-refractivity contribution in [1.29, 1.82) is 0 Å². The number of hydrogen-bond donors (Lipinski definition) is 2. The molecule has 1 aromatic rings. The van der Waals surface area contributed by atoms with Crippen molar-refractivity contribution >= 4 is 12.2 Å². The Morgan fingerprint density at radius 2 is 2.14 bits per heavy atom. The van der Waals surface area contributed by atoms with E-state index >= 15 is 0 Å². The van der Waals surface area contributed by atoms with Crippen molar-refractivity contribution in [1.82, 2.24) is 0 Å². The lowest BCUT2D eigenvalue weighted by Gasteiger charge is -1.97. The molecule has 1 rings (SSSR count). The van der Waals surface area contributed by atoms with Crippen LogP contribution in [0.15, 0.2) is 28.4 Å². The summed E-state index contributed by atoms with van der Waals surface area (Å²) in [6.45, 7) is 1.67. The summed E-state index contributed by atoms with van der Waals surface area (Å²) < 4.78 is 13.3. The molecule has 4 nitrogen and oxygen atoms in total. The number of hydrogen-bond acceptors (Lipinski definition) is 2. The van der Waals surface area contributed by atoms with E-state index in [9.17, 15) is 4.39 Å². The van der Waals surface area contributed by atoms with Crippen LogP contribution >= 0.6 is 0 Å². The Kier molecular flexibility index (Phi) is 3.17. The summed E-state index contributed by atoms with van der Waals surface area (Å²) in [5.41, 5.74) is 11.0. The van der Waals surface area contributed by atoms with Crippen LogP contribution in [0.1, 0.15) is 11.1 Å². The van der Waals surface area contributed by atoms with Crippen molar-refractivity contribution in [2.45, 2.75) is 6.92 Å². The maximum Gasteiger partial charge on any atom is 0.211 e. The summed E-state index contributed by atoms with van der Waals surface area (Å²) >= 11 is 0. The number of nitrogens with zero attached hydrogens (tertiary/aromatic N) is 2. The van der Waals surface area contributed by atoms with Crippen molar-refractivity contribution in [2.24, 2.45) is 21.7 Å². The van der Waals surface area contributed by atoms with E-state index < -0.39 is 0 Å². The van der Waals surface area contributed by atoms with Crippen molar-refractivity contribution in [2.75, 3.05) is 0 Å². The van der Waals surface area contributed by atoms with Gasteiger partial charge in [0.15, 0.2) is 0 Å². The Labute approximate surface area is 81.1 Å². The molecule has 0 bridgehead atoms. The molecule has 14 heavy (non-hydrogen) atoms. The molecule has 0 aliphatic carbocycles. The van der Waals surface area contributed by atoms with E-state index in [-0.39, 0.29) is 11.8 Å². The first-order valence-corrected chi connectivity index (χ1v) is 3.98. The highest BCUT2D eigenvalue weighted by atomic mass is 19.1. The number of rotatable bonds is 2. The van der Waals surface area contributed by atoms with Crippen LogP contribution < -0.4 is 11.5 Å². The molecule has 0 radical (unpaired) electrons. The number of nitrogens with two attached hydrogens (primary N) is 2. The maximum absolute atomic E-state index is 13.3. The van der Waals surface area contributed by atoms with Gasteiger partial charge in [0.1, 0.15) is 5.82 Å². The molecule has 0 aliphatic rings. The second kappa shape index (κ2) is 4.36. The van der Waals surface area contributed by atoms with Gasteiger partial charge in [-0.2, -0.15) is 5.10 Å². The van der Waals surface area contributed by atoms with Crippen LogP contribution in [0.4, 0.5) is 4.39 Å². The van der Waals surface area contributed by atoms with E-state index in [4.69, 9.17) is 11.5 Å². The van der Waals surface area contributed by atoms with Gasteiger partial charge < -0.3 is 11.5 Å². The third kappa shape index (κ3) is 2.55. The summed E-state index contributed by atoms with van der Waals surface area (Å²) in [7, 11) is 0. The molecule has 0 aliphatic heterocycles. The highest BCUT2D eigenvalue weighted by molar-refractivity contribution is 5.82. The highest BCUT2D eigenvalue weighted by Crippen LogP contribution is 2.09. The third-order valence-electron chi connectivity index (χ3n) is 1.59. The molecule has 0 saturated carbocycles. The largest absolute Gasteiger partial charge is 0.369 e. The van der Waals surface area contributed by atoms with Gasteiger partial charge >= 0.3 is 0 Å². The normalized spacial score (nSPS) is 10.4.